The van der Waals surface area contributed by atoms with Gasteiger partial charge in [0, 0.05) is 29.5 Å². The lowest BCUT2D eigenvalue weighted by molar-refractivity contribution is -0.121. The van der Waals surface area contributed by atoms with E-state index in [1.165, 1.54) is 0 Å². The predicted molar refractivity (Wildman–Crippen MR) is 85.9 cm³/mol. The highest BCUT2D eigenvalue weighted by atomic mass is 19.1. The molecule has 0 aromatic heterocycles. The Morgan fingerprint density at radius 1 is 1.27 bits per heavy atom. The summed E-state index contributed by atoms with van der Waals surface area (Å²) in [5.74, 6) is -0.206. The average molecular weight is 298 g/mol. The first-order valence-corrected chi connectivity index (χ1v) is 7.49. The van der Waals surface area contributed by atoms with Crippen LogP contribution in [0.25, 0.3) is 5.57 Å². The normalized spacial score (nSPS) is 25.0. The van der Waals surface area contributed by atoms with E-state index < -0.39 is 5.41 Å². The largest absolute Gasteiger partial charge is 0.273 e. The van der Waals surface area contributed by atoms with Crippen molar-refractivity contribution < 1.29 is 9.18 Å². The van der Waals surface area contributed by atoms with Crippen LogP contribution in [0.5, 0.6) is 0 Å². The average Bonchev–Trinajstić information content (AvgIpc) is 2.49. The number of amides is 1. The van der Waals surface area contributed by atoms with E-state index in [9.17, 15) is 9.18 Å². The molecule has 0 fully saturated rings. The molecule has 0 saturated heterocycles. The van der Waals surface area contributed by atoms with E-state index in [0.29, 0.717) is 18.4 Å². The number of hydrogen-bond acceptors (Lipinski definition) is 2. The van der Waals surface area contributed by atoms with Crippen molar-refractivity contribution in [2.45, 2.75) is 33.1 Å². The fourth-order valence-electron chi connectivity index (χ4n) is 3.03. The Kier molecular flexibility index (Phi) is 3.69. The topological polar surface area (TPSA) is 41.5 Å². The maximum absolute atomic E-state index is 14.7. The van der Waals surface area contributed by atoms with E-state index in [2.05, 4.69) is 10.5 Å². The van der Waals surface area contributed by atoms with Gasteiger partial charge in [0.15, 0.2) is 0 Å². The molecule has 3 nitrogen and oxygen atoms in total. The molecule has 1 amide bonds. The summed E-state index contributed by atoms with van der Waals surface area (Å²) in [6.07, 6.45) is 5.13. The van der Waals surface area contributed by atoms with E-state index >= 15 is 0 Å². The first-order valence-electron chi connectivity index (χ1n) is 7.49. The number of nitrogens with one attached hydrogen (secondary N) is 1. The van der Waals surface area contributed by atoms with Crippen LogP contribution in [0.1, 0.15) is 37.3 Å². The van der Waals surface area contributed by atoms with Gasteiger partial charge in [0.2, 0.25) is 5.91 Å². The molecule has 22 heavy (non-hydrogen) atoms. The van der Waals surface area contributed by atoms with E-state index in [-0.39, 0.29) is 18.2 Å². The summed E-state index contributed by atoms with van der Waals surface area (Å²) in [6.45, 7) is 3.95. The van der Waals surface area contributed by atoms with Crippen LogP contribution in [-0.4, -0.2) is 11.6 Å². The van der Waals surface area contributed by atoms with Gasteiger partial charge < -0.3 is 0 Å². The van der Waals surface area contributed by atoms with Gasteiger partial charge in [-0.1, -0.05) is 43.3 Å². The second-order valence-electron chi connectivity index (χ2n) is 6.15. The molecule has 0 spiro atoms. The zero-order valence-electron chi connectivity index (χ0n) is 12.8. The molecule has 0 bridgehead atoms. The quantitative estimate of drug-likeness (QED) is 0.883. The maximum Gasteiger partial charge on any atom is 0.240 e. The third-order valence-corrected chi connectivity index (χ3v) is 4.43. The Bertz CT molecular complexity index is 718. The highest BCUT2D eigenvalue weighted by Gasteiger charge is 2.34. The molecule has 1 aromatic rings. The van der Waals surface area contributed by atoms with Crippen molar-refractivity contribution in [1.82, 2.24) is 5.43 Å². The minimum atomic E-state index is -0.468. The second kappa shape index (κ2) is 5.52. The molecule has 114 valence electrons. The van der Waals surface area contributed by atoms with Crippen molar-refractivity contribution >= 4 is 17.2 Å². The monoisotopic (exact) mass is 298 g/mol. The van der Waals surface area contributed by atoms with Gasteiger partial charge in [-0.05, 0) is 24.5 Å². The van der Waals surface area contributed by atoms with Crippen molar-refractivity contribution in [3.05, 3.63) is 53.4 Å². The minimum Gasteiger partial charge on any atom is -0.273 e. The number of carbonyl (C=O) groups excluding carboxylic acids is 1. The molecule has 2 aliphatic rings. The van der Waals surface area contributed by atoms with Crippen LogP contribution in [0.4, 0.5) is 4.39 Å². The molecule has 1 aliphatic heterocycles. The van der Waals surface area contributed by atoms with Gasteiger partial charge in [-0.15, -0.1) is 0 Å². The van der Waals surface area contributed by atoms with E-state index in [0.717, 1.165) is 16.8 Å². The van der Waals surface area contributed by atoms with Crippen molar-refractivity contribution in [2.75, 3.05) is 0 Å². The molecule has 1 aromatic carbocycles. The van der Waals surface area contributed by atoms with E-state index in [1.807, 2.05) is 50.3 Å². The molecule has 1 atom stereocenters. The minimum absolute atomic E-state index is 0.0799. The zero-order chi connectivity index (χ0) is 15.7. The van der Waals surface area contributed by atoms with Crippen LogP contribution in [0.15, 0.2) is 47.3 Å². The Balaban J connectivity index is 1.91. The van der Waals surface area contributed by atoms with Crippen LogP contribution in [0.3, 0.4) is 0 Å². The Morgan fingerprint density at radius 3 is 2.68 bits per heavy atom. The molecule has 1 N–H and O–H groups in total. The lowest BCUT2D eigenvalue weighted by Gasteiger charge is -2.32. The lowest BCUT2D eigenvalue weighted by atomic mass is 9.74. The number of hydrogen-bond donors (Lipinski definition) is 1. The highest BCUT2D eigenvalue weighted by Crippen LogP contribution is 2.41. The predicted octanol–water partition coefficient (Wildman–Crippen LogP) is 3.91. The van der Waals surface area contributed by atoms with E-state index in [1.54, 1.807) is 0 Å². The summed E-state index contributed by atoms with van der Waals surface area (Å²) in [4.78, 5) is 11.2. The molecule has 0 saturated carbocycles. The van der Waals surface area contributed by atoms with Gasteiger partial charge in [-0.2, -0.15) is 5.10 Å². The number of benzene rings is 1. The van der Waals surface area contributed by atoms with Crippen molar-refractivity contribution in [3.8, 4) is 0 Å². The van der Waals surface area contributed by atoms with Crippen LogP contribution >= 0.6 is 0 Å². The summed E-state index contributed by atoms with van der Waals surface area (Å²) < 4.78 is 14.7. The van der Waals surface area contributed by atoms with Crippen LogP contribution in [-0.2, 0) is 4.79 Å². The van der Waals surface area contributed by atoms with Crippen molar-refractivity contribution in [2.24, 2.45) is 10.5 Å². The fraction of sp³-hybridized carbons (Fsp3) is 0.333. The summed E-state index contributed by atoms with van der Waals surface area (Å²) in [7, 11) is 0. The standard InChI is InChI=1S/C18H19FN2O/c1-12-5-3-4-6-13(12)14-9-10-18(2,11-15(14)19)16-7-8-17(22)21-20-16/h3-6,9-10H,7-8,11H2,1-2H3,(H,21,22). The van der Waals surface area contributed by atoms with Gasteiger partial charge in [0.05, 0.1) is 0 Å². The number of halogens is 1. The summed E-state index contributed by atoms with van der Waals surface area (Å²) >= 11 is 0. The summed E-state index contributed by atoms with van der Waals surface area (Å²) in [6, 6.07) is 7.80. The molecule has 1 heterocycles. The van der Waals surface area contributed by atoms with Crippen LogP contribution in [0, 0.1) is 12.3 Å². The number of rotatable bonds is 2. The van der Waals surface area contributed by atoms with Gasteiger partial charge in [0.1, 0.15) is 5.83 Å². The molecule has 3 rings (SSSR count). The third kappa shape index (κ3) is 2.61. The summed E-state index contributed by atoms with van der Waals surface area (Å²) in [5.41, 5.74) is 5.50. The van der Waals surface area contributed by atoms with Gasteiger partial charge in [-0.3, -0.25) is 4.79 Å². The molecular weight excluding hydrogens is 279 g/mol. The van der Waals surface area contributed by atoms with Gasteiger partial charge in [-0.25, -0.2) is 9.82 Å². The highest BCUT2D eigenvalue weighted by molar-refractivity contribution is 5.98. The molecule has 1 aliphatic carbocycles. The molecule has 4 heteroatoms. The van der Waals surface area contributed by atoms with E-state index in [4.69, 9.17) is 0 Å². The van der Waals surface area contributed by atoms with Crippen molar-refractivity contribution in [3.63, 3.8) is 0 Å². The fourth-order valence-corrected chi connectivity index (χ4v) is 3.03. The Labute approximate surface area is 129 Å². The third-order valence-electron chi connectivity index (χ3n) is 4.43. The number of aryl methyl sites for hydroxylation is 1. The summed E-state index contributed by atoms with van der Waals surface area (Å²) in [5, 5.41) is 4.13. The second-order valence-corrected chi connectivity index (χ2v) is 6.15. The zero-order valence-corrected chi connectivity index (χ0v) is 12.8. The molecule has 1 unspecified atom stereocenters. The Hall–Kier alpha value is -2.23. The van der Waals surface area contributed by atoms with Crippen LogP contribution < -0.4 is 5.43 Å². The van der Waals surface area contributed by atoms with Gasteiger partial charge in [0.25, 0.3) is 0 Å². The Morgan fingerprint density at radius 2 is 2.05 bits per heavy atom. The number of nitrogens with zero attached hydrogens (tertiary/aromatic N) is 1. The molecular formula is C18H19FN2O. The first-order chi connectivity index (χ1) is 10.5. The van der Waals surface area contributed by atoms with Crippen molar-refractivity contribution in [1.29, 1.82) is 0 Å². The SMILES string of the molecule is Cc1ccccc1C1=C(F)CC(C)(C2=NNC(=O)CC2)C=C1. The van der Waals surface area contributed by atoms with Crippen LogP contribution in [0.2, 0.25) is 0 Å². The number of hydrazone groups is 1. The number of allylic oxidation sites excluding steroid dienone is 4. The molecule has 0 radical (unpaired) electrons. The lowest BCUT2D eigenvalue weighted by Crippen LogP contribution is -2.35. The van der Waals surface area contributed by atoms with Gasteiger partial charge >= 0.3 is 0 Å². The number of carbonyl (C=O) groups is 1. The smallest absolute Gasteiger partial charge is 0.240 e. The maximum atomic E-state index is 14.7. The first kappa shape index (κ1) is 14.7.